The molecule has 0 aliphatic carbocycles. The van der Waals surface area contributed by atoms with Gasteiger partial charge in [-0.15, -0.1) is 0 Å². The minimum absolute atomic E-state index is 0.436. The largest absolute Gasteiger partial charge is 0.382 e. The number of pyridine rings is 1. The second kappa shape index (κ2) is 8.51. The van der Waals surface area contributed by atoms with Crippen LogP contribution in [0.5, 0.6) is 0 Å². The molecule has 1 N–H and O–H groups in total. The number of nitrogens with zero attached hydrogens (tertiary/aromatic N) is 2. The summed E-state index contributed by atoms with van der Waals surface area (Å²) in [6, 6.07) is 8.47. The molecule has 1 heterocycles. The molecule has 1 aromatic heterocycles. The third-order valence-corrected chi connectivity index (χ3v) is 4.54. The van der Waals surface area contributed by atoms with E-state index in [0.29, 0.717) is 6.04 Å². The van der Waals surface area contributed by atoms with Crippen molar-refractivity contribution in [2.24, 2.45) is 0 Å². The molecule has 0 saturated heterocycles. The molecule has 1 atom stereocenters. The van der Waals surface area contributed by atoms with Crippen LogP contribution in [-0.2, 0) is 0 Å². The molecule has 23 heavy (non-hydrogen) atoms. The highest BCUT2D eigenvalue weighted by Crippen LogP contribution is 2.26. The third kappa shape index (κ3) is 5.08. The summed E-state index contributed by atoms with van der Waals surface area (Å²) in [5.74, 6) is 0. The molecule has 0 aliphatic rings. The van der Waals surface area contributed by atoms with Gasteiger partial charge in [-0.05, 0) is 70.6 Å². The quantitative estimate of drug-likeness (QED) is 0.726. The Kier molecular flexibility index (Phi) is 6.67. The van der Waals surface area contributed by atoms with Gasteiger partial charge < -0.3 is 10.2 Å². The van der Waals surface area contributed by atoms with Crippen LogP contribution in [0.15, 0.2) is 24.3 Å². The van der Waals surface area contributed by atoms with Crippen molar-refractivity contribution in [2.45, 2.75) is 46.6 Å². The van der Waals surface area contributed by atoms with Gasteiger partial charge in [0.2, 0.25) is 0 Å². The Bertz CT molecular complexity index is 633. The summed E-state index contributed by atoms with van der Waals surface area (Å²) in [7, 11) is 0. The predicted molar refractivity (Wildman–Crippen MR) is 102 cm³/mol. The lowest BCUT2D eigenvalue weighted by atomic mass is 10.1. The van der Waals surface area contributed by atoms with Crippen molar-refractivity contribution in [3.63, 3.8) is 0 Å². The van der Waals surface area contributed by atoms with E-state index in [4.69, 9.17) is 11.6 Å². The molecule has 4 heteroatoms. The molecule has 126 valence electrons. The maximum absolute atomic E-state index is 6.09. The van der Waals surface area contributed by atoms with Crippen molar-refractivity contribution in [1.29, 1.82) is 0 Å². The first-order valence-electron chi connectivity index (χ1n) is 8.59. The van der Waals surface area contributed by atoms with Crippen LogP contribution in [0.3, 0.4) is 0 Å². The van der Waals surface area contributed by atoms with Crippen LogP contribution in [0.1, 0.15) is 39.3 Å². The van der Waals surface area contributed by atoms with E-state index in [1.54, 1.807) is 0 Å². The summed E-state index contributed by atoms with van der Waals surface area (Å²) in [6.45, 7) is 12.2. The zero-order chi connectivity index (χ0) is 16.8. The fourth-order valence-electron chi connectivity index (χ4n) is 2.95. The van der Waals surface area contributed by atoms with Crippen molar-refractivity contribution in [1.82, 2.24) is 9.88 Å². The molecule has 0 aliphatic heterocycles. The van der Waals surface area contributed by atoms with Gasteiger partial charge in [0.05, 0.1) is 5.52 Å². The summed E-state index contributed by atoms with van der Waals surface area (Å²) in [6.07, 6.45) is 2.37. The minimum Gasteiger partial charge on any atom is -0.382 e. The summed E-state index contributed by atoms with van der Waals surface area (Å²) in [5, 5.41) is 5.52. The first-order valence-corrected chi connectivity index (χ1v) is 8.97. The van der Waals surface area contributed by atoms with Gasteiger partial charge in [-0.2, -0.15) is 0 Å². The van der Waals surface area contributed by atoms with Gasteiger partial charge in [-0.3, -0.25) is 4.98 Å². The average molecular weight is 334 g/mol. The Morgan fingerprint density at radius 2 is 1.96 bits per heavy atom. The van der Waals surface area contributed by atoms with Crippen molar-refractivity contribution >= 4 is 28.2 Å². The highest BCUT2D eigenvalue weighted by molar-refractivity contribution is 6.31. The van der Waals surface area contributed by atoms with E-state index in [1.807, 2.05) is 19.1 Å². The smallest absolute Gasteiger partial charge is 0.0740 e. The molecule has 0 fully saturated rings. The Balaban J connectivity index is 2.03. The number of hydrogen-bond acceptors (Lipinski definition) is 3. The number of aryl methyl sites for hydroxylation is 1. The Labute approximate surface area is 145 Å². The lowest BCUT2D eigenvalue weighted by molar-refractivity contribution is 0.295. The van der Waals surface area contributed by atoms with Gasteiger partial charge in [0.15, 0.2) is 0 Å². The van der Waals surface area contributed by atoms with Gasteiger partial charge in [0, 0.05) is 27.8 Å². The molecule has 3 nitrogen and oxygen atoms in total. The molecular formula is C19H28ClN3. The van der Waals surface area contributed by atoms with E-state index in [9.17, 15) is 0 Å². The van der Waals surface area contributed by atoms with Crippen molar-refractivity contribution in [2.75, 3.05) is 25.0 Å². The molecule has 0 radical (unpaired) electrons. The highest BCUT2D eigenvalue weighted by atomic mass is 35.5. The lowest BCUT2D eigenvalue weighted by Gasteiger charge is -2.21. The van der Waals surface area contributed by atoms with Crippen molar-refractivity contribution in [3.8, 4) is 0 Å². The number of halogens is 1. The molecule has 0 saturated carbocycles. The first-order chi connectivity index (χ1) is 11.0. The molecule has 0 bridgehead atoms. The number of hydrogen-bond donors (Lipinski definition) is 1. The van der Waals surface area contributed by atoms with Crippen LogP contribution in [0.2, 0.25) is 5.02 Å². The van der Waals surface area contributed by atoms with Crippen LogP contribution >= 0.6 is 11.6 Å². The molecule has 0 amide bonds. The zero-order valence-electron chi connectivity index (χ0n) is 14.7. The minimum atomic E-state index is 0.436. The fourth-order valence-corrected chi connectivity index (χ4v) is 3.12. The van der Waals surface area contributed by atoms with Crippen LogP contribution in [-0.4, -0.2) is 35.6 Å². The van der Waals surface area contributed by atoms with Gasteiger partial charge in [-0.25, -0.2) is 0 Å². The van der Waals surface area contributed by atoms with Crippen molar-refractivity contribution < 1.29 is 0 Å². The number of anilines is 1. The normalized spacial score (nSPS) is 12.8. The van der Waals surface area contributed by atoms with Crippen LogP contribution < -0.4 is 5.32 Å². The second-order valence-electron chi connectivity index (χ2n) is 6.19. The predicted octanol–water partition coefficient (Wildman–Crippen LogP) is 5.12. The van der Waals surface area contributed by atoms with Gasteiger partial charge in [-0.1, -0.05) is 25.4 Å². The third-order valence-electron chi connectivity index (χ3n) is 4.31. The average Bonchev–Trinajstić information content (AvgIpc) is 2.51. The number of rotatable bonds is 8. The molecule has 0 spiro atoms. The number of aromatic nitrogens is 1. The van der Waals surface area contributed by atoms with E-state index in [0.717, 1.165) is 46.8 Å². The molecule has 2 rings (SSSR count). The molecule has 1 aromatic carbocycles. The van der Waals surface area contributed by atoms with E-state index in [1.165, 1.54) is 13.0 Å². The van der Waals surface area contributed by atoms with Crippen LogP contribution in [0, 0.1) is 6.92 Å². The monoisotopic (exact) mass is 333 g/mol. The topological polar surface area (TPSA) is 28.2 Å². The summed E-state index contributed by atoms with van der Waals surface area (Å²) in [5.41, 5.74) is 3.12. The fraction of sp³-hybridized carbons (Fsp3) is 0.526. The SMILES string of the molecule is CCN(CC)CCC[C@H](C)Nc1cc(C)nc2cc(Cl)ccc12. The lowest BCUT2D eigenvalue weighted by Crippen LogP contribution is -2.25. The van der Waals surface area contributed by atoms with Gasteiger partial charge >= 0.3 is 0 Å². The number of benzene rings is 1. The standard InChI is InChI=1S/C19H28ClN3/c1-5-23(6-2)11-7-8-14(3)21-18-12-15(4)22-19-13-16(20)9-10-17(18)19/h9-10,12-14H,5-8,11H2,1-4H3,(H,21,22)/t14-/m0/s1. The molecule has 2 aromatic rings. The number of nitrogens with one attached hydrogen (secondary N) is 1. The second-order valence-corrected chi connectivity index (χ2v) is 6.62. The summed E-state index contributed by atoms with van der Waals surface area (Å²) >= 11 is 6.09. The van der Waals surface area contributed by atoms with Crippen molar-refractivity contribution in [3.05, 3.63) is 35.0 Å². The van der Waals surface area contributed by atoms with E-state index in [2.05, 4.69) is 48.1 Å². The Morgan fingerprint density at radius 1 is 1.22 bits per heavy atom. The van der Waals surface area contributed by atoms with Crippen LogP contribution in [0.4, 0.5) is 5.69 Å². The highest BCUT2D eigenvalue weighted by Gasteiger charge is 2.09. The zero-order valence-corrected chi connectivity index (χ0v) is 15.5. The van der Waals surface area contributed by atoms with E-state index in [-0.39, 0.29) is 0 Å². The maximum Gasteiger partial charge on any atom is 0.0740 e. The maximum atomic E-state index is 6.09. The molecular weight excluding hydrogens is 306 g/mol. The van der Waals surface area contributed by atoms with E-state index < -0.39 is 0 Å². The van der Waals surface area contributed by atoms with E-state index >= 15 is 0 Å². The molecule has 0 unspecified atom stereocenters. The Hall–Kier alpha value is -1.32. The Morgan fingerprint density at radius 3 is 2.65 bits per heavy atom. The first kappa shape index (κ1) is 18.0. The van der Waals surface area contributed by atoms with Gasteiger partial charge in [0.1, 0.15) is 0 Å². The summed E-state index contributed by atoms with van der Waals surface area (Å²) in [4.78, 5) is 7.05. The number of fused-ring (bicyclic) bond motifs is 1. The summed E-state index contributed by atoms with van der Waals surface area (Å²) < 4.78 is 0. The van der Waals surface area contributed by atoms with Crippen LogP contribution in [0.25, 0.3) is 10.9 Å². The van der Waals surface area contributed by atoms with Gasteiger partial charge in [0.25, 0.3) is 0 Å².